The summed E-state index contributed by atoms with van der Waals surface area (Å²) in [6.07, 6.45) is 6.61. The third-order valence-electron chi connectivity index (χ3n) is 5.19. The molecule has 0 bridgehead atoms. The van der Waals surface area contributed by atoms with Crippen LogP contribution < -0.4 is 16.0 Å². The summed E-state index contributed by atoms with van der Waals surface area (Å²) < 4.78 is 0. The van der Waals surface area contributed by atoms with Gasteiger partial charge in [0.2, 0.25) is 11.8 Å². The highest BCUT2D eigenvalue weighted by Crippen LogP contribution is 2.19. The molecule has 27 heavy (non-hydrogen) atoms. The fourth-order valence-electron chi connectivity index (χ4n) is 3.70. The maximum Gasteiger partial charge on any atom is 0.238 e. The first-order valence-corrected chi connectivity index (χ1v) is 9.84. The van der Waals surface area contributed by atoms with E-state index < -0.39 is 0 Å². The van der Waals surface area contributed by atoms with Gasteiger partial charge in [0.25, 0.3) is 0 Å². The summed E-state index contributed by atoms with van der Waals surface area (Å²) in [5, 5.41) is 9.22. The van der Waals surface area contributed by atoms with Crippen LogP contribution in [-0.4, -0.2) is 49.4 Å². The zero-order valence-corrected chi connectivity index (χ0v) is 16.7. The summed E-state index contributed by atoms with van der Waals surface area (Å²) >= 11 is 0. The SMILES string of the molecule is Cl.O=C(CN1CCCCCC1)Nc1cccc(NC(=O)C2CCNCC2)c1. The van der Waals surface area contributed by atoms with Gasteiger partial charge < -0.3 is 16.0 Å². The van der Waals surface area contributed by atoms with E-state index in [0.717, 1.165) is 50.4 Å². The van der Waals surface area contributed by atoms with Gasteiger partial charge in [-0.25, -0.2) is 0 Å². The molecule has 2 aliphatic rings. The van der Waals surface area contributed by atoms with Crippen molar-refractivity contribution >= 4 is 35.6 Å². The van der Waals surface area contributed by atoms with Crippen LogP contribution in [0.2, 0.25) is 0 Å². The third kappa shape index (κ3) is 7.13. The van der Waals surface area contributed by atoms with Crippen LogP contribution >= 0.6 is 12.4 Å². The summed E-state index contributed by atoms with van der Waals surface area (Å²) in [7, 11) is 0. The molecular weight excluding hydrogens is 364 g/mol. The maximum atomic E-state index is 12.4. The van der Waals surface area contributed by atoms with Crippen molar-refractivity contribution in [1.29, 1.82) is 0 Å². The molecule has 1 aromatic carbocycles. The zero-order chi connectivity index (χ0) is 18.2. The lowest BCUT2D eigenvalue weighted by molar-refractivity contribution is -0.120. The van der Waals surface area contributed by atoms with Gasteiger partial charge in [0.15, 0.2) is 0 Å². The molecule has 7 heteroatoms. The van der Waals surface area contributed by atoms with E-state index >= 15 is 0 Å². The molecule has 2 heterocycles. The molecule has 1 aromatic rings. The second kappa shape index (κ2) is 11.3. The molecular formula is C20H31ClN4O2. The van der Waals surface area contributed by atoms with E-state index in [1.54, 1.807) is 0 Å². The predicted molar refractivity (Wildman–Crippen MR) is 111 cm³/mol. The van der Waals surface area contributed by atoms with Crippen molar-refractivity contribution in [2.24, 2.45) is 5.92 Å². The standard InChI is InChI=1S/C20H30N4O2.ClH/c25-19(15-24-12-3-1-2-4-13-24)22-17-6-5-7-18(14-17)23-20(26)16-8-10-21-11-9-16;/h5-7,14,16,21H,1-4,8-13,15H2,(H,22,25)(H,23,26);1H. The molecule has 2 saturated heterocycles. The second-order valence-corrected chi connectivity index (χ2v) is 7.33. The Morgan fingerprint density at radius 3 is 2.30 bits per heavy atom. The number of nitrogens with one attached hydrogen (secondary N) is 3. The lowest BCUT2D eigenvalue weighted by Gasteiger charge is -2.22. The predicted octanol–water partition coefficient (Wildman–Crippen LogP) is 2.86. The lowest BCUT2D eigenvalue weighted by atomic mass is 9.97. The summed E-state index contributed by atoms with van der Waals surface area (Å²) in [4.78, 5) is 26.9. The first-order valence-electron chi connectivity index (χ1n) is 9.84. The molecule has 2 amide bonds. The van der Waals surface area contributed by atoms with Crippen LogP contribution in [0.25, 0.3) is 0 Å². The Balaban J connectivity index is 0.00000261. The second-order valence-electron chi connectivity index (χ2n) is 7.33. The Kier molecular flexibility index (Phi) is 9.04. The van der Waals surface area contributed by atoms with Crippen molar-refractivity contribution in [2.75, 3.05) is 43.4 Å². The van der Waals surface area contributed by atoms with Crippen molar-refractivity contribution in [3.8, 4) is 0 Å². The van der Waals surface area contributed by atoms with Gasteiger partial charge in [0.05, 0.1) is 6.54 Å². The number of hydrogen-bond donors (Lipinski definition) is 3. The number of benzene rings is 1. The summed E-state index contributed by atoms with van der Waals surface area (Å²) in [5.74, 6) is 0.144. The third-order valence-corrected chi connectivity index (χ3v) is 5.19. The van der Waals surface area contributed by atoms with Gasteiger partial charge in [-0.1, -0.05) is 18.9 Å². The van der Waals surface area contributed by atoms with Gasteiger partial charge in [-0.15, -0.1) is 12.4 Å². The maximum absolute atomic E-state index is 12.4. The highest BCUT2D eigenvalue weighted by atomic mass is 35.5. The van der Waals surface area contributed by atoms with E-state index in [4.69, 9.17) is 0 Å². The van der Waals surface area contributed by atoms with Crippen LogP contribution in [0.1, 0.15) is 38.5 Å². The number of rotatable bonds is 5. The molecule has 0 spiro atoms. The minimum absolute atomic E-state index is 0. The number of carbonyl (C=O) groups excluding carboxylic acids is 2. The van der Waals surface area contributed by atoms with Crippen LogP contribution in [0.5, 0.6) is 0 Å². The fourth-order valence-corrected chi connectivity index (χ4v) is 3.70. The van der Waals surface area contributed by atoms with E-state index in [0.29, 0.717) is 6.54 Å². The van der Waals surface area contributed by atoms with Gasteiger partial charge in [-0.2, -0.15) is 0 Å². The van der Waals surface area contributed by atoms with E-state index in [2.05, 4.69) is 20.9 Å². The Labute approximate surface area is 167 Å². The summed E-state index contributed by atoms with van der Waals surface area (Å²) in [5.41, 5.74) is 1.47. The molecule has 2 fully saturated rings. The summed E-state index contributed by atoms with van der Waals surface area (Å²) in [6.45, 7) is 4.22. The molecule has 0 aliphatic carbocycles. The van der Waals surface area contributed by atoms with Gasteiger partial charge in [0, 0.05) is 17.3 Å². The van der Waals surface area contributed by atoms with Crippen LogP contribution in [0.3, 0.4) is 0 Å². The van der Waals surface area contributed by atoms with Crippen molar-refractivity contribution in [2.45, 2.75) is 38.5 Å². The van der Waals surface area contributed by atoms with Crippen LogP contribution in [0, 0.1) is 5.92 Å². The van der Waals surface area contributed by atoms with Crippen LogP contribution in [-0.2, 0) is 9.59 Å². The smallest absolute Gasteiger partial charge is 0.238 e. The van der Waals surface area contributed by atoms with E-state index in [-0.39, 0.29) is 30.1 Å². The molecule has 2 aliphatic heterocycles. The van der Waals surface area contributed by atoms with Crippen molar-refractivity contribution < 1.29 is 9.59 Å². The zero-order valence-electron chi connectivity index (χ0n) is 15.8. The molecule has 0 saturated carbocycles. The van der Waals surface area contributed by atoms with Gasteiger partial charge in [-0.05, 0) is 70.1 Å². The van der Waals surface area contributed by atoms with Crippen molar-refractivity contribution in [3.63, 3.8) is 0 Å². The number of piperidine rings is 1. The minimum Gasteiger partial charge on any atom is -0.326 e. The van der Waals surface area contributed by atoms with E-state index in [9.17, 15) is 9.59 Å². The minimum atomic E-state index is 0. The molecule has 3 N–H and O–H groups in total. The average molecular weight is 395 g/mol. The number of amides is 2. The Bertz CT molecular complexity index is 612. The molecule has 0 atom stereocenters. The fraction of sp³-hybridized carbons (Fsp3) is 0.600. The van der Waals surface area contributed by atoms with E-state index in [1.807, 2.05) is 24.3 Å². The molecule has 0 aromatic heterocycles. The number of halogens is 1. The molecule has 0 radical (unpaired) electrons. The molecule has 150 valence electrons. The molecule has 0 unspecified atom stereocenters. The number of anilines is 2. The quantitative estimate of drug-likeness (QED) is 0.718. The first kappa shape index (κ1) is 21.7. The van der Waals surface area contributed by atoms with E-state index in [1.165, 1.54) is 25.7 Å². The van der Waals surface area contributed by atoms with Crippen LogP contribution in [0.15, 0.2) is 24.3 Å². The number of hydrogen-bond acceptors (Lipinski definition) is 4. The monoisotopic (exact) mass is 394 g/mol. The Hall–Kier alpha value is -1.63. The highest BCUT2D eigenvalue weighted by molar-refractivity contribution is 5.95. The number of likely N-dealkylation sites (tertiary alicyclic amines) is 1. The highest BCUT2D eigenvalue weighted by Gasteiger charge is 2.21. The topological polar surface area (TPSA) is 73.5 Å². The van der Waals surface area contributed by atoms with Crippen molar-refractivity contribution in [1.82, 2.24) is 10.2 Å². The average Bonchev–Trinajstić information content (AvgIpc) is 2.91. The number of nitrogens with zero attached hydrogens (tertiary/aromatic N) is 1. The lowest BCUT2D eigenvalue weighted by Crippen LogP contribution is -2.34. The summed E-state index contributed by atoms with van der Waals surface area (Å²) in [6, 6.07) is 7.42. The van der Waals surface area contributed by atoms with Gasteiger partial charge in [-0.3, -0.25) is 14.5 Å². The normalized spacial score (nSPS) is 18.8. The van der Waals surface area contributed by atoms with Gasteiger partial charge >= 0.3 is 0 Å². The van der Waals surface area contributed by atoms with Crippen LogP contribution in [0.4, 0.5) is 11.4 Å². The van der Waals surface area contributed by atoms with Crippen molar-refractivity contribution in [3.05, 3.63) is 24.3 Å². The van der Waals surface area contributed by atoms with Gasteiger partial charge in [0.1, 0.15) is 0 Å². The Morgan fingerprint density at radius 1 is 1.00 bits per heavy atom. The number of carbonyl (C=O) groups is 2. The largest absolute Gasteiger partial charge is 0.326 e. The Morgan fingerprint density at radius 2 is 1.63 bits per heavy atom. The molecule has 6 nitrogen and oxygen atoms in total. The molecule has 3 rings (SSSR count). The first-order chi connectivity index (χ1) is 12.7.